The summed E-state index contributed by atoms with van der Waals surface area (Å²) in [6, 6.07) is 0. The van der Waals surface area contributed by atoms with Gasteiger partial charge < -0.3 is 15.3 Å². The van der Waals surface area contributed by atoms with E-state index in [0.29, 0.717) is 30.1 Å². The van der Waals surface area contributed by atoms with Gasteiger partial charge >= 0.3 is 0 Å². The maximum Gasteiger partial charge on any atom is 0.0811 e. The largest absolute Gasteiger partial charge is 0.393 e. The highest BCUT2D eigenvalue weighted by Gasteiger charge is 2.49. The second kappa shape index (κ2) is 9.14. The van der Waals surface area contributed by atoms with Crippen molar-refractivity contribution >= 4 is 0 Å². The van der Waals surface area contributed by atoms with Crippen LogP contribution in [0.4, 0.5) is 0 Å². The van der Waals surface area contributed by atoms with Crippen LogP contribution in [0.3, 0.4) is 0 Å². The summed E-state index contributed by atoms with van der Waals surface area (Å²) in [6.45, 7) is 12.6. The maximum absolute atomic E-state index is 10.1. The zero-order valence-electron chi connectivity index (χ0n) is 19.5. The summed E-state index contributed by atoms with van der Waals surface area (Å²) in [5.41, 5.74) is 4.50. The molecule has 0 aromatic heterocycles. The van der Waals surface area contributed by atoms with Gasteiger partial charge in [0.1, 0.15) is 0 Å². The van der Waals surface area contributed by atoms with Crippen molar-refractivity contribution in [3.05, 3.63) is 47.1 Å². The lowest BCUT2D eigenvalue weighted by Crippen LogP contribution is -2.33. The number of allylic oxidation sites excluding steroid dienone is 5. The number of hydrogen-bond acceptors (Lipinski definition) is 3. The van der Waals surface area contributed by atoms with Crippen molar-refractivity contribution in [1.82, 2.24) is 0 Å². The third kappa shape index (κ3) is 5.18. The SMILES string of the molecule is C=C1/C(=C\C=C2/CCC[C@]3(C)[C@@H](/C(C)=C/CCC(C)(C)O)CC[C@@H]23)C[C@@H](O)C[C@@H]1O. The van der Waals surface area contributed by atoms with E-state index < -0.39 is 17.8 Å². The zero-order chi connectivity index (χ0) is 22.1. The smallest absolute Gasteiger partial charge is 0.0811 e. The normalized spacial score (nSPS) is 38.4. The number of aliphatic hydroxyl groups excluding tert-OH is 2. The summed E-state index contributed by atoms with van der Waals surface area (Å²) < 4.78 is 0. The number of hydrogen-bond donors (Lipinski definition) is 3. The van der Waals surface area contributed by atoms with E-state index in [-0.39, 0.29) is 0 Å². The molecule has 0 aliphatic heterocycles. The molecule has 0 aromatic rings. The molecule has 3 saturated carbocycles. The molecule has 3 nitrogen and oxygen atoms in total. The van der Waals surface area contributed by atoms with Crippen LogP contribution in [0.1, 0.15) is 85.5 Å². The van der Waals surface area contributed by atoms with Crippen molar-refractivity contribution in [2.24, 2.45) is 17.3 Å². The first-order chi connectivity index (χ1) is 14.0. The fourth-order valence-electron chi connectivity index (χ4n) is 6.25. The number of fused-ring (bicyclic) bond motifs is 1. The molecule has 3 aliphatic rings. The molecule has 0 unspecified atom stereocenters. The van der Waals surface area contributed by atoms with Gasteiger partial charge in [-0.15, -0.1) is 0 Å². The Labute approximate surface area is 183 Å². The number of aliphatic hydroxyl groups is 3. The summed E-state index contributed by atoms with van der Waals surface area (Å²) >= 11 is 0. The first kappa shape index (κ1) is 23.5. The summed E-state index contributed by atoms with van der Waals surface area (Å²) in [7, 11) is 0. The van der Waals surface area contributed by atoms with Gasteiger partial charge in [0.2, 0.25) is 0 Å². The molecule has 168 valence electrons. The zero-order valence-corrected chi connectivity index (χ0v) is 19.5. The molecule has 0 amide bonds. The molecular formula is C27H42O3. The molecular weight excluding hydrogens is 372 g/mol. The third-order valence-electron chi connectivity index (χ3n) is 8.00. The van der Waals surface area contributed by atoms with Crippen LogP contribution in [0.15, 0.2) is 47.1 Å². The summed E-state index contributed by atoms with van der Waals surface area (Å²) in [6.07, 6.45) is 14.5. The first-order valence-corrected chi connectivity index (χ1v) is 11.8. The summed E-state index contributed by atoms with van der Waals surface area (Å²) in [5, 5.41) is 30.2. The predicted molar refractivity (Wildman–Crippen MR) is 124 cm³/mol. The van der Waals surface area contributed by atoms with Crippen molar-refractivity contribution < 1.29 is 15.3 Å². The van der Waals surface area contributed by atoms with Crippen LogP contribution in [-0.4, -0.2) is 33.1 Å². The van der Waals surface area contributed by atoms with Gasteiger partial charge in [-0.2, -0.15) is 0 Å². The van der Waals surface area contributed by atoms with Crippen molar-refractivity contribution in [3.8, 4) is 0 Å². The average molecular weight is 415 g/mol. The Hall–Kier alpha value is -1.16. The highest BCUT2D eigenvalue weighted by molar-refractivity contribution is 5.39. The molecule has 0 radical (unpaired) electrons. The van der Waals surface area contributed by atoms with Gasteiger partial charge in [-0.3, -0.25) is 0 Å². The van der Waals surface area contributed by atoms with Gasteiger partial charge in [-0.1, -0.05) is 42.9 Å². The summed E-state index contributed by atoms with van der Waals surface area (Å²) in [5.74, 6) is 1.23. The molecule has 0 spiro atoms. The molecule has 0 heterocycles. The molecule has 0 aromatic carbocycles. The van der Waals surface area contributed by atoms with Crippen LogP contribution in [0.25, 0.3) is 0 Å². The van der Waals surface area contributed by atoms with Gasteiger partial charge in [0.15, 0.2) is 0 Å². The van der Waals surface area contributed by atoms with Crippen molar-refractivity contribution in [2.45, 2.75) is 103 Å². The molecule has 3 heteroatoms. The van der Waals surface area contributed by atoms with E-state index in [2.05, 4.69) is 38.7 Å². The van der Waals surface area contributed by atoms with E-state index in [9.17, 15) is 15.3 Å². The minimum atomic E-state index is -0.623. The molecule has 3 fully saturated rings. The molecule has 3 aliphatic carbocycles. The van der Waals surface area contributed by atoms with Crippen LogP contribution in [0.2, 0.25) is 0 Å². The Bertz CT molecular complexity index is 736. The maximum atomic E-state index is 10.1. The summed E-state index contributed by atoms with van der Waals surface area (Å²) in [4.78, 5) is 0. The Morgan fingerprint density at radius 2 is 1.97 bits per heavy atom. The van der Waals surface area contributed by atoms with Crippen LogP contribution in [0.5, 0.6) is 0 Å². The van der Waals surface area contributed by atoms with E-state index >= 15 is 0 Å². The third-order valence-corrected chi connectivity index (χ3v) is 8.00. The monoisotopic (exact) mass is 414 g/mol. The average Bonchev–Trinajstić information content (AvgIpc) is 3.00. The lowest BCUT2D eigenvalue weighted by Gasteiger charge is -2.43. The van der Waals surface area contributed by atoms with Crippen molar-refractivity contribution in [3.63, 3.8) is 0 Å². The van der Waals surface area contributed by atoms with E-state index in [1.807, 2.05) is 13.8 Å². The minimum Gasteiger partial charge on any atom is -0.393 e. The van der Waals surface area contributed by atoms with E-state index in [1.54, 1.807) is 0 Å². The highest BCUT2D eigenvalue weighted by Crippen LogP contribution is 2.59. The van der Waals surface area contributed by atoms with Gasteiger partial charge in [0, 0.05) is 6.42 Å². The lowest BCUT2D eigenvalue weighted by molar-refractivity contribution is 0.0719. The van der Waals surface area contributed by atoms with Crippen LogP contribution in [0, 0.1) is 17.3 Å². The molecule has 3 rings (SSSR count). The predicted octanol–water partition coefficient (Wildman–Crippen LogP) is 5.62. The molecule has 3 N–H and O–H groups in total. The first-order valence-electron chi connectivity index (χ1n) is 11.8. The lowest BCUT2D eigenvalue weighted by atomic mass is 9.62. The van der Waals surface area contributed by atoms with E-state index in [0.717, 1.165) is 30.4 Å². The topological polar surface area (TPSA) is 60.7 Å². The van der Waals surface area contributed by atoms with E-state index in [4.69, 9.17) is 0 Å². The minimum absolute atomic E-state index is 0.306. The van der Waals surface area contributed by atoms with Gasteiger partial charge in [0.25, 0.3) is 0 Å². The molecule has 5 atom stereocenters. The van der Waals surface area contributed by atoms with Crippen LogP contribution in [-0.2, 0) is 0 Å². The standard InChI is InChI=1S/C27H42O3/c1-18(8-6-14-26(3,4)30)23-12-13-24-20(9-7-15-27(23,24)5)10-11-21-16-22(28)17-25(29)19(21)2/h8,10-11,22-25,28-30H,2,6-7,9,12-17H2,1,3-5H3/b18-8+,20-10+,21-11-/t22-,23-,24+,25+,27-/m1/s1. The fourth-order valence-corrected chi connectivity index (χ4v) is 6.25. The Balaban J connectivity index is 1.76. The van der Waals surface area contributed by atoms with Crippen LogP contribution < -0.4 is 0 Å². The van der Waals surface area contributed by atoms with Gasteiger partial charge in [-0.05, 0) is 101 Å². The Morgan fingerprint density at radius 3 is 2.67 bits per heavy atom. The highest BCUT2D eigenvalue weighted by atomic mass is 16.3. The molecule has 30 heavy (non-hydrogen) atoms. The second-order valence-electron chi connectivity index (χ2n) is 10.9. The van der Waals surface area contributed by atoms with Gasteiger partial charge in [0.05, 0.1) is 17.8 Å². The van der Waals surface area contributed by atoms with Crippen molar-refractivity contribution in [1.29, 1.82) is 0 Å². The second-order valence-corrected chi connectivity index (χ2v) is 10.9. The van der Waals surface area contributed by atoms with Crippen LogP contribution >= 0.6 is 0 Å². The molecule has 0 saturated heterocycles. The Morgan fingerprint density at radius 1 is 1.23 bits per heavy atom. The fraction of sp³-hybridized carbons (Fsp3) is 0.704. The Kier molecular flexibility index (Phi) is 7.16. The van der Waals surface area contributed by atoms with Crippen molar-refractivity contribution in [2.75, 3.05) is 0 Å². The molecule has 0 bridgehead atoms. The van der Waals surface area contributed by atoms with E-state index in [1.165, 1.54) is 36.8 Å². The number of rotatable bonds is 5. The quantitative estimate of drug-likeness (QED) is 0.511. The van der Waals surface area contributed by atoms with Gasteiger partial charge in [-0.25, -0.2) is 0 Å².